The number of rotatable bonds is 7. The molecule has 154 valence electrons. The number of hydrogen-bond donors (Lipinski definition) is 1. The number of nitrogens with one attached hydrogen (secondary N) is 1. The van der Waals surface area contributed by atoms with Crippen LogP contribution >= 0.6 is 11.8 Å². The molecule has 2 aliphatic heterocycles. The number of ether oxygens (including phenoxy) is 1. The number of amides is 2. The fourth-order valence-electron chi connectivity index (χ4n) is 2.88. The van der Waals surface area contributed by atoms with Crippen LogP contribution in [0.15, 0.2) is 39.2 Å². The molecule has 2 amide bonds. The Kier molecular flexibility index (Phi) is 8.12. The van der Waals surface area contributed by atoms with Crippen LogP contribution in [0, 0.1) is 0 Å². The van der Waals surface area contributed by atoms with Crippen molar-refractivity contribution in [3.63, 3.8) is 0 Å². The molecule has 0 bridgehead atoms. The van der Waals surface area contributed by atoms with E-state index >= 15 is 0 Å². The van der Waals surface area contributed by atoms with E-state index in [4.69, 9.17) is 9.15 Å². The molecule has 3 heterocycles. The third-order valence-corrected chi connectivity index (χ3v) is 5.47. The number of nitrogens with zero attached hydrogens (tertiary/aromatic N) is 2. The molecule has 2 aliphatic rings. The second-order valence-electron chi connectivity index (χ2n) is 5.98. The number of aliphatic carboxylic acids is 1. The molecule has 3 rings (SSSR count). The van der Waals surface area contributed by atoms with E-state index in [1.807, 2.05) is 0 Å². The molecule has 1 aromatic heterocycles. The second-order valence-corrected chi connectivity index (χ2v) is 7.09. The number of carboxylic acids is 1. The average Bonchev–Trinajstić information content (AvgIpc) is 3.21. The number of esters is 1. The van der Waals surface area contributed by atoms with E-state index in [0.29, 0.717) is 0 Å². The van der Waals surface area contributed by atoms with Gasteiger partial charge in [0.05, 0.1) is 17.9 Å². The zero-order chi connectivity index (χ0) is 21.1. The predicted molar refractivity (Wildman–Crippen MR) is 95.9 cm³/mol. The van der Waals surface area contributed by atoms with Gasteiger partial charge in [0, 0.05) is 18.2 Å². The third kappa shape index (κ3) is 4.72. The molecule has 0 unspecified atom stereocenters. The summed E-state index contributed by atoms with van der Waals surface area (Å²) in [6.45, 7) is 0.929. The Bertz CT molecular complexity index is 914. The van der Waals surface area contributed by atoms with Gasteiger partial charge in [-0.2, -0.15) is 0 Å². The van der Waals surface area contributed by atoms with Crippen LogP contribution in [-0.4, -0.2) is 65.2 Å². The Morgan fingerprint density at radius 2 is 2.17 bits per heavy atom. The van der Waals surface area contributed by atoms with Crippen molar-refractivity contribution < 1.29 is 67.8 Å². The van der Waals surface area contributed by atoms with Crippen LogP contribution in [0.5, 0.6) is 0 Å². The summed E-state index contributed by atoms with van der Waals surface area (Å²) in [6, 6.07) is 2.08. The monoisotopic (exact) mass is 445 g/mol. The SMILES string of the molecule is CO/N=C(/C(=O)N[C@@H]1C(=O)N2C(C(=O)[O-])=C(COC(C)=O)CS[C@H]12)c1ccco1.[Na+]. The predicted octanol–water partition coefficient (Wildman–Crippen LogP) is -4.40. The number of fused-ring (bicyclic) bond motifs is 1. The average molecular weight is 445 g/mol. The van der Waals surface area contributed by atoms with Crippen molar-refractivity contribution in [1.29, 1.82) is 0 Å². The van der Waals surface area contributed by atoms with Crippen LogP contribution in [-0.2, 0) is 28.8 Å². The van der Waals surface area contributed by atoms with Gasteiger partial charge in [-0.1, -0.05) is 5.16 Å². The number of hydrogen-bond acceptors (Lipinski definition) is 10. The van der Waals surface area contributed by atoms with E-state index in [1.165, 1.54) is 38.1 Å². The molecule has 1 aromatic rings. The fourth-order valence-corrected chi connectivity index (χ4v) is 4.21. The number of carboxylic acid groups (broad SMARTS) is 1. The van der Waals surface area contributed by atoms with E-state index < -0.39 is 35.2 Å². The van der Waals surface area contributed by atoms with Crippen molar-refractivity contribution in [2.45, 2.75) is 18.3 Å². The minimum atomic E-state index is -1.56. The molecule has 0 radical (unpaired) electrons. The summed E-state index contributed by atoms with van der Waals surface area (Å²) in [4.78, 5) is 53.4. The number of carbonyl (C=O) groups is 4. The van der Waals surface area contributed by atoms with Crippen molar-refractivity contribution in [1.82, 2.24) is 10.2 Å². The zero-order valence-electron chi connectivity index (χ0n) is 16.4. The zero-order valence-corrected chi connectivity index (χ0v) is 19.2. The summed E-state index contributed by atoms with van der Waals surface area (Å²) in [6.07, 6.45) is 1.35. The van der Waals surface area contributed by atoms with Crippen molar-refractivity contribution in [3.8, 4) is 0 Å². The Balaban J connectivity index is 0.00000320. The number of carbonyl (C=O) groups excluding carboxylic acids is 4. The third-order valence-electron chi connectivity index (χ3n) is 4.13. The van der Waals surface area contributed by atoms with Gasteiger partial charge in [0.25, 0.3) is 11.8 Å². The van der Waals surface area contributed by atoms with Gasteiger partial charge in [0.15, 0.2) is 5.76 Å². The minimum absolute atomic E-state index is 0. The summed E-state index contributed by atoms with van der Waals surface area (Å²) in [5, 5.41) is 17.1. The maximum Gasteiger partial charge on any atom is 1.00 e. The Labute approximate surface area is 197 Å². The van der Waals surface area contributed by atoms with Gasteiger partial charge < -0.3 is 29.2 Å². The molecule has 30 heavy (non-hydrogen) atoms. The summed E-state index contributed by atoms with van der Waals surface area (Å²) < 4.78 is 9.98. The van der Waals surface area contributed by atoms with Gasteiger partial charge in [0.2, 0.25) is 5.71 Å². The summed E-state index contributed by atoms with van der Waals surface area (Å²) in [5.41, 5.74) is -0.269. The smallest absolute Gasteiger partial charge is 0.543 e. The maximum atomic E-state index is 12.6. The molecule has 0 saturated carbocycles. The first-order valence-electron chi connectivity index (χ1n) is 8.32. The van der Waals surface area contributed by atoms with Gasteiger partial charge in [0.1, 0.15) is 25.1 Å². The topological polar surface area (TPSA) is 151 Å². The molecule has 1 saturated heterocycles. The van der Waals surface area contributed by atoms with Crippen molar-refractivity contribution in [3.05, 3.63) is 35.4 Å². The van der Waals surface area contributed by atoms with Crippen LogP contribution in [0.25, 0.3) is 0 Å². The van der Waals surface area contributed by atoms with Crippen LogP contribution < -0.4 is 40.0 Å². The minimum Gasteiger partial charge on any atom is -0.543 e. The van der Waals surface area contributed by atoms with Crippen LogP contribution in [0.4, 0.5) is 0 Å². The number of thioether (sulfide) groups is 1. The second kappa shape index (κ2) is 10.2. The molecular formula is C17H16N3NaO8S. The van der Waals surface area contributed by atoms with Gasteiger partial charge >= 0.3 is 35.5 Å². The van der Waals surface area contributed by atoms with Gasteiger partial charge in [-0.3, -0.25) is 19.3 Å². The first kappa shape index (κ1) is 24.0. The van der Waals surface area contributed by atoms with Crippen LogP contribution in [0.1, 0.15) is 12.7 Å². The molecule has 1 fully saturated rings. The first-order chi connectivity index (χ1) is 13.8. The normalized spacial score (nSPS) is 20.5. The first-order valence-corrected chi connectivity index (χ1v) is 9.37. The van der Waals surface area contributed by atoms with Crippen LogP contribution in [0.3, 0.4) is 0 Å². The molecule has 0 spiro atoms. The Morgan fingerprint density at radius 1 is 1.43 bits per heavy atom. The van der Waals surface area contributed by atoms with E-state index in [9.17, 15) is 24.3 Å². The van der Waals surface area contributed by atoms with E-state index in [2.05, 4.69) is 15.3 Å². The van der Waals surface area contributed by atoms with E-state index in [-0.39, 0.29) is 64.7 Å². The Morgan fingerprint density at radius 3 is 2.73 bits per heavy atom. The number of oxime groups is 1. The van der Waals surface area contributed by atoms with Crippen molar-refractivity contribution in [2.24, 2.45) is 5.16 Å². The molecule has 2 atom stereocenters. The molecule has 0 aromatic carbocycles. The number of furan rings is 1. The van der Waals surface area contributed by atoms with Gasteiger partial charge in [-0.15, -0.1) is 11.8 Å². The molecule has 1 N–H and O–H groups in total. The Hall–Kier alpha value is -2.28. The molecule has 0 aliphatic carbocycles. The van der Waals surface area contributed by atoms with Crippen LogP contribution in [0.2, 0.25) is 0 Å². The van der Waals surface area contributed by atoms with Crippen molar-refractivity contribution in [2.75, 3.05) is 19.5 Å². The quantitative estimate of drug-likeness (QED) is 0.144. The maximum absolute atomic E-state index is 12.6. The summed E-state index contributed by atoms with van der Waals surface area (Å²) >= 11 is 1.23. The number of β-lactam (4-membered cyclic amide) rings is 1. The largest absolute Gasteiger partial charge is 1.00 e. The van der Waals surface area contributed by atoms with E-state index in [1.54, 1.807) is 6.07 Å². The summed E-state index contributed by atoms with van der Waals surface area (Å²) in [5.74, 6) is -3.16. The van der Waals surface area contributed by atoms with Gasteiger partial charge in [-0.25, -0.2) is 0 Å². The van der Waals surface area contributed by atoms with Gasteiger partial charge in [-0.05, 0) is 12.1 Å². The molecule has 13 heteroatoms. The fraction of sp³-hybridized carbons (Fsp3) is 0.353. The molecule has 11 nitrogen and oxygen atoms in total. The standard InChI is InChI=1S/C17H17N3O8S.Na/c1-8(21)28-6-9-7-29-16-12(15(23)20(16)13(9)17(24)25)18-14(22)11(19-26-2)10-4-3-5-27-10;/h3-5,12,16H,6-7H2,1-2H3,(H,18,22)(H,24,25);/q;+1/p-1/b19-11+;/t12-,16-;/m1./s1. The van der Waals surface area contributed by atoms with E-state index in [0.717, 1.165) is 4.90 Å². The summed E-state index contributed by atoms with van der Waals surface area (Å²) in [7, 11) is 1.25. The van der Waals surface area contributed by atoms with Crippen molar-refractivity contribution >= 4 is 41.2 Å². The molecular weight excluding hydrogens is 429 g/mol.